The van der Waals surface area contributed by atoms with Crippen molar-refractivity contribution in [3.05, 3.63) is 53.6 Å². The van der Waals surface area contributed by atoms with Gasteiger partial charge in [0, 0.05) is 18.8 Å². The number of hydrogen-bond acceptors (Lipinski definition) is 5. The first-order valence-electron chi connectivity index (χ1n) is 10.9. The van der Waals surface area contributed by atoms with Crippen molar-refractivity contribution in [1.82, 2.24) is 9.21 Å². The molecule has 1 aliphatic heterocycles. The lowest BCUT2D eigenvalue weighted by molar-refractivity contribution is -0.119. The number of halogens is 1. The molecule has 10 heteroatoms. The predicted molar refractivity (Wildman–Crippen MR) is 130 cm³/mol. The molecule has 0 spiro atoms. The van der Waals surface area contributed by atoms with E-state index in [2.05, 4.69) is 10.6 Å². The van der Waals surface area contributed by atoms with Crippen LogP contribution in [0.25, 0.3) is 0 Å². The van der Waals surface area contributed by atoms with Crippen LogP contribution in [0.2, 0.25) is 5.02 Å². The van der Waals surface area contributed by atoms with Gasteiger partial charge in [0.25, 0.3) is 0 Å². The zero-order chi connectivity index (χ0) is 23.8. The molecule has 0 aliphatic carbocycles. The fraction of sp³-hybridized carbons (Fsp3) is 0.391. The fourth-order valence-corrected chi connectivity index (χ4v) is 5.36. The summed E-state index contributed by atoms with van der Waals surface area (Å²) in [5, 5.41) is 5.66. The summed E-state index contributed by atoms with van der Waals surface area (Å²) in [7, 11) is -2.02. The van der Waals surface area contributed by atoms with Crippen molar-refractivity contribution in [2.45, 2.75) is 30.6 Å². The Bertz CT molecular complexity index is 1070. The molecule has 178 valence electrons. The number of rotatable bonds is 8. The molecular formula is C23H29ClN4O4S. The molecule has 3 rings (SSSR count). The third-order valence-electron chi connectivity index (χ3n) is 5.30. The molecule has 0 bridgehead atoms. The van der Waals surface area contributed by atoms with E-state index < -0.39 is 15.9 Å². The van der Waals surface area contributed by atoms with Crippen molar-refractivity contribution in [2.24, 2.45) is 0 Å². The predicted octanol–water partition coefficient (Wildman–Crippen LogP) is 3.41. The number of likely N-dealkylation sites (N-methyl/N-ethyl adjacent to an activating group) is 1. The van der Waals surface area contributed by atoms with Crippen LogP contribution in [-0.4, -0.2) is 62.7 Å². The van der Waals surface area contributed by atoms with Crippen LogP contribution in [0, 0.1) is 0 Å². The number of nitrogens with zero attached hydrogens (tertiary/aromatic N) is 2. The minimum absolute atomic E-state index is 0.0133. The first kappa shape index (κ1) is 25.2. The zero-order valence-electron chi connectivity index (χ0n) is 18.6. The van der Waals surface area contributed by atoms with Gasteiger partial charge in [-0.05, 0) is 50.2 Å². The highest BCUT2D eigenvalue weighted by Gasteiger charge is 2.26. The second-order valence-electron chi connectivity index (χ2n) is 8.09. The number of carbonyl (C=O) groups excluding carboxylic acids is 2. The normalized spacial score (nSPS) is 15.1. The Kier molecular flexibility index (Phi) is 8.85. The first-order chi connectivity index (χ1) is 15.8. The Morgan fingerprint density at radius 3 is 2.18 bits per heavy atom. The monoisotopic (exact) mass is 492 g/mol. The molecule has 2 amide bonds. The summed E-state index contributed by atoms with van der Waals surface area (Å²) in [5.74, 6) is -0.656. The SMILES string of the molecule is CN(CC(=O)Nc1ccccc1)CC(=O)Nc1cc(S(=O)(=O)N2CCCCCC2)ccc1Cl. The highest BCUT2D eigenvalue weighted by molar-refractivity contribution is 7.89. The van der Waals surface area contributed by atoms with E-state index in [-0.39, 0.29) is 34.6 Å². The Morgan fingerprint density at radius 2 is 1.55 bits per heavy atom. The van der Waals surface area contributed by atoms with Crippen LogP contribution < -0.4 is 10.6 Å². The summed E-state index contributed by atoms with van der Waals surface area (Å²) < 4.78 is 27.6. The highest BCUT2D eigenvalue weighted by atomic mass is 35.5. The zero-order valence-corrected chi connectivity index (χ0v) is 20.2. The maximum atomic E-state index is 13.1. The van der Waals surface area contributed by atoms with E-state index in [0.717, 1.165) is 25.7 Å². The van der Waals surface area contributed by atoms with E-state index in [1.807, 2.05) is 18.2 Å². The summed E-state index contributed by atoms with van der Waals surface area (Å²) in [6.45, 7) is 0.923. The van der Waals surface area contributed by atoms with Gasteiger partial charge in [0.15, 0.2) is 0 Å². The number of sulfonamides is 1. The molecule has 33 heavy (non-hydrogen) atoms. The number of para-hydroxylation sites is 1. The average molecular weight is 493 g/mol. The topological polar surface area (TPSA) is 98.8 Å². The van der Waals surface area contributed by atoms with E-state index in [0.29, 0.717) is 18.8 Å². The molecule has 0 unspecified atom stereocenters. The third-order valence-corrected chi connectivity index (χ3v) is 7.52. The minimum Gasteiger partial charge on any atom is -0.325 e. The Hall–Kier alpha value is -2.46. The Morgan fingerprint density at radius 1 is 0.939 bits per heavy atom. The second kappa shape index (κ2) is 11.6. The number of hydrogen-bond donors (Lipinski definition) is 2. The maximum absolute atomic E-state index is 13.1. The fourth-order valence-electron chi connectivity index (χ4n) is 3.65. The van der Waals surface area contributed by atoms with Crippen LogP contribution in [0.5, 0.6) is 0 Å². The van der Waals surface area contributed by atoms with Crippen molar-refractivity contribution in [2.75, 3.05) is 43.9 Å². The second-order valence-corrected chi connectivity index (χ2v) is 10.4. The molecule has 2 aromatic carbocycles. The van der Waals surface area contributed by atoms with E-state index in [1.165, 1.54) is 22.5 Å². The molecule has 1 fully saturated rings. The molecule has 8 nitrogen and oxygen atoms in total. The van der Waals surface area contributed by atoms with Crippen molar-refractivity contribution < 1.29 is 18.0 Å². The van der Waals surface area contributed by atoms with Gasteiger partial charge in [0.2, 0.25) is 21.8 Å². The van der Waals surface area contributed by atoms with Gasteiger partial charge >= 0.3 is 0 Å². The largest absolute Gasteiger partial charge is 0.325 e. The van der Waals surface area contributed by atoms with E-state index in [4.69, 9.17) is 11.6 Å². The summed E-state index contributed by atoms with van der Waals surface area (Å²) in [6.07, 6.45) is 3.71. The lowest BCUT2D eigenvalue weighted by atomic mass is 10.2. The van der Waals surface area contributed by atoms with Crippen LogP contribution in [0.3, 0.4) is 0 Å². The van der Waals surface area contributed by atoms with Crippen LogP contribution in [0.4, 0.5) is 11.4 Å². The number of nitrogens with one attached hydrogen (secondary N) is 2. The number of amides is 2. The quantitative estimate of drug-likeness (QED) is 0.588. The molecule has 0 saturated carbocycles. The number of benzene rings is 2. The summed E-state index contributed by atoms with van der Waals surface area (Å²) in [5.41, 5.74) is 0.897. The van der Waals surface area contributed by atoms with Crippen LogP contribution in [0.15, 0.2) is 53.4 Å². The highest BCUT2D eigenvalue weighted by Crippen LogP contribution is 2.28. The summed E-state index contributed by atoms with van der Waals surface area (Å²) in [6, 6.07) is 13.4. The molecule has 0 atom stereocenters. The van der Waals surface area contributed by atoms with Crippen molar-refractivity contribution in [1.29, 1.82) is 0 Å². The standard InChI is InChI=1S/C23H29ClN4O4S/c1-27(16-22(29)25-18-9-5-4-6-10-18)17-23(30)26-21-15-19(11-12-20(21)24)33(31,32)28-13-7-2-3-8-14-28/h4-6,9-12,15H,2-3,7-8,13-14,16-17H2,1H3,(H,25,29)(H,26,30). The van der Waals surface area contributed by atoms with Gasteiger partial charge in [0.1, 0.15) is 0 Å². The Labute approximate surface area is 200 Å². The molecule has 2 N–H and O–H groups in total. The number of carbonyl (C=O) groups is 2. The van der Waals surface area contributed by atoms with Crippen LogP contribution >= 0.6 is 11.6 Å². The van der Waals surface area contributed by atoms with E-state index >= 15 is 0 Å². The van der Waals surface area contributed by atoms with Gasteiger partial charge in [-0.25, -0.2) is 8.42 Å². The first-order valence-corrected chi connectivity index (χ1v) is 12.7. The molecule has 1 saturated heterocycles. The van der Waals surface area contributed by atoms with Gasteiger partial charge < -0.3 is 10.6 Å². The summed E-state index contributed by atoms with van der Waals surface area (Å²) >= 11 is 6.21. The lowest BCUT2D eigenvalue weighted by Gasteiger charge is -2.21. The van der Waals surface area contributed by atoms with Crippen LogP contribution in [0.1, 0.15) is 25.7 Å². The van der Waals surface area contributed by atoms with Crippen molar-refractivity contribution in [3.63, 3.8) is 0 Å². The molecule has 0 aromatic heterocycles. The van der Waals surface area contributed by atoms with Crippen LogP contribution in [-0.2, 0) is 19.6 Å². The van der Waals surface area contributed by atoms with Gasteiger partial charge in [-0.15, -0.1) is 0 Å². The van der Waals surface area contributed by atoms with Crippen molar-refractivity contribution in [3.8, 4) is 0 Å². The minimum atomic E-state index is -3.67. The van der Waals surface area contributed by atoms with E-state index in [1.54, 1.807) is 24.1 Å². The molecule has 0 radical (unpaired) electrons. The van der Waals surface area contributed by atoms with Gasteiger partial charge in [-0.3, -0.25) is 14.5 Å². The lowest BCUT2D eigenvalue weighted by Crippen LogP contribution is -2.36. The number of anilines is 2. The summed E-state index contributed by atoms with van der Waals surface area (Å²) in [4.78, 5) is 26.3. The van der Waals surface area contributed by atoms with Gasteiger partial charge in [0.05, 0.1) is 28.7 Å². The third kappa shape index (κ3) is 7.26. The van der Waals surface area contributed by atoms with Gasteiger partial charge in [-0.1, -0.05) is 42.6 Å². The molecule has 1 heterocycles. The van der Waals surface area contributed by atoms with E-state index in [9.17, 15) is 18.0 Å². The maximum Gasteiger partial charge on any atom is 0.243 e. The Balaban J connectivity index is 1.60. The average Bonchev–Trinajstić information content (AvgIpc) is 3.06. The van der Waals surface area contributed by atoms with Crippen molar-refractivity contribution >= 4 is 44.8 Å². The molecular weight excluding hydrogens is 464 g/mol. The molecule has 1 aliphatic rings. The molecule has 2 aromatic rings. The smallest absolute Gasteiger partial charge is 0.243 e. The van der Waals surface area contributed by atoms with Gasteiger partial charge in [-0.2, -0.15) is 4.31 Å².